The van der Waals surface area contributed by atoms with Crippen molar-refractivity contribution in [3.63, 3.8) is 0 Å². The number of aliphatic hydroxyl groups is 4. The predicted molar refractivity (Wildman–Crippen MR) is 96.9 cm³/mol. The van der Waals surface area contributed by atoms with E-state index in [1.54, 1.807) is 13.8 Å². The molecule has 1 saturated heterocycles. The smallest absolute Gasteiger partial charge is 0.193 e. The number of phenols is 1. The average Bonchev–Trinajstić information content (AvgIpc) is 2.61. The van der Waals surface area contributed by atoms with Crippen LogP contribution in [0.4, 0.5) is 0 Å². The van der Waals surface area contributed by atoms with Gasteiger partial charge in [-0.25, -0.2) is 0 Å². The van der Waals surface area contributed by atoms with Gasteiger partial charge < -0.3 is 39.4 Å². The number of benzene rings is 1. The number of rotatable bonds is 5. The molecule has 0 amide bonds. The molecule has 3 rings (SSSR count). The number of phenolic OH excluding ortho intramolecular Hbond substituents is 1. The molecule has 28 heavy (non-hydrogen) atoms. The van der Waals surface area contributed by atoms with Crippen LogP contribution in [-0.2, 0) is 15.9 Å². The van der Waals surface area contributed by atoms with Gasteiger partial charge in [-0.05, 0) is 31.9 Å². The molecule has 1 aromatic heterocycles. The van der Waals surface area contributed by atoms with Gasteiger partial charge in [0, 0.05) is 12.1 Å². The SMILES string of the molecule is Cc1cc(=O)c2c(C[C@@H](C)O[C@H]3O[C@@H](CO)[C@@H](O)[C@H](O)[C@@H]3O)cc(O)cc2o1. The predicted octanol–water partition coefficient (Wildman–Crippen LogP) is -0.445. The normalized spacial score (nSPS) is 29.1. The summed E-state index contributed by atoms with van der Waals surface area (Å²) in [5.41, 5.74) is 0.481. The van der Waals surface area contributed by atoms with Crippen LogP contribution in [0.25, 0.3) is 11.0 Å². The molecule has 2 aromatic rings. The molecule has 0 aliphatic carbocycles. The highest BCUT2D eigenvalue weighted by molar-refractivity contribution is 5.82. The van der Waals surface area contributed by atoms with Crippen LogP contribution in [0.1, 0.15) is 18.2 Å². The molecule has 1 aliphatic heterocycles. The Morgan fingerprint density at radius 1 is 1.14 bits per heavy atom. The fraction of sp³-hybridized carbons (Fsp3) is 0.526. The molecule has 0 saturated carbocycles. The molecule has 6 atom stereocenters. The van der Waals surface area contributed by atoms with Gasteiger partial charge in [-0.15, -0.1) is 0 Å². The summed E-state index contributed by atoms with van der Waals surface area (Å²) in [6, 6.07) is 4.14. The summed E-state index contributed by atoms with van der Waals surface area (Å²) in [6.07, 6.45) is -7.33. The Kier molecular flexibility index (Phi) is 6.04. The molecule has 1 aliphatic rings. The van der Waals surface area contributed by atoms with Crippen LogP contribution in [-0.4, -0.2) is 68.9 Å². The van der Waals surface area contributed by atoms with Crippen LogP contribution < -0.4 is 5.43 Å². The van der Waals surface area contributed by atoms with E-state index < -0.39 is 43.4 Å². The maximum absolute atomic E-state index is 12.4. The molecule has 2 heterocycles. The Labute approximate surface area is 160 Å². The lowest BCUT2D eigenvalue weighted by molar-refractivity contribution is -0.309. The Morgan fingerprint density at radius 2 is 1.86 bits per heavy atom. The fourth-order valence-electron chi connectivity index (χ4n) is 3.40. The van der Waals surface area contributed by atoms with Crippen LogP contribution >= 0.6 is 0 Å². The zero-order valence-electron chi connectivity index (χ0n) is 15.5. The first kappa shape index (κ1) is 20.7. The number of aromatic hydroxyl groups is 1. The van der Waals surface area contributed by atoms with Crippen LogP contribution in [0.2, 0.25) is 0 Å². The minimum Gasteiger partial charge on any atom is -0.508 e. The van der Waals surface area contributed by atoms with Gasteiger partial charge in [0.05, 0.1) is 18.1 Å². The van der Waals surface area contributed by atoms with Crippen molar-refractivity contribution in [3.05, 3.63) is 39.7 Å². The molecule has 9 nitrogen and oxygen atoms in total. The van der Waals surface area contributed by atoms with Crippen molar-refractivity contribution >= 4 is 11.0 Å². The first-order valence-electron chi connectivity index (χ1n) is 8.93. The van der Waals surface area contributed by atoms with E-state index in [9.17, 15) is 30.3 Å². The summed E-state index contributed by atoms with van der Waals surface area (Å²) in [6.45, 7) is 2.74. The summed E-state index contributed by atoms with van der Waals surface area (Å²) in [4.78, 5) is 12.4. The van der Waals surface area contributed by atoms with Gasteiger partial charge in [-0.1, -0.05) is 0 Å². The molecule has 5 N–H and O–H groups in total. The van der Waals surface area contributed by atoms with E-state index in [1.807, 2.05) is 0 Å². The van der Waals surface area contributed by atoms with E-state index in [0.717, 1.165) is 0 Å². The Balaban J connectivity index is 1.82. The van der Waals surface area contributed by atoms with E-state index in [4.69, 9.17) is 13.9 Å². The lowest BCUT2D eigenvalue weighted by Crippen LogP contribution is -2.59. The van der Waals surface area contributed by atoms with Gasteiger partial charge >= 0.3 is 0 Å². The summed E-state index contributed by atoms with van der Waals surface area (Å²) >= 11 is 0. The zero-order valence-corrected chi connectivity index (χ0v) is 15.5. The molecular formula is C19H24O9. The number of aliphatic hydroxyl groups excluding tert-OH is 4. The Morgan fingerprint density at radius 3 is 2.54 bits per heavy atom. The van der Waals surface area contributed by atoms with Crippen molar-refractivity contribution in [1.29, 1.82) is 0 Å². The maximum Gasteiger partial charge on any atom is 0.193 e. The lowest BCUT2D eigenvalue weighted by Gasteiger charge is -2.40. The Bertz CT molecular complexity index is 886. The average molecular weight is 396 g/mol. The highest BCUT2D eigenvalue weighted by atomic mass is 16.7. The topological polar surface area (TPSA) is 150 Å². The highest BCUT2D eigenvalue weighted by Gasteiger charge is 2.44. The maximum atomic E-state index is 12.4. The minimum absolute atomic E-state index is 0.0729. The van der Waals surface area contributed by atoms with E-state index in [2.05, 4.69) is 0 Å². The lowest BCUT2D eigenvalue weighted by atomic mass is 9.99. The summed E-state index contributed by atoms with van der Waals surface area (Å²) in [7, 11) is 0. The number of aryl methyl sites for hydroxylation is 1. The fourth-order valence-corrected chi connectivity index (χ4v) is 3.40. The first-order valence-corrected chi connectivity index (χ1v) is 8.93. The van der Waals surface area contributed by atoms with Gasteiger partial charge in [0.1, 0.15) is 41.5 Å². The summed E-state index contributed by atoms with van der Waals surface area (Å²) in [5, 5.41) is 49.3. The van der Waals surface area contributed by atoms with Gasteiger partial charge in [0.15, 0.2) is 11.7 Å². The third-order valence-electron chi connectivity index (χ3n) is 4.74. The quantitative estimate of drug-likeness (QED) is 0.453. The van der Waals surface area contributed by atoms with Crippen LogP contribution in [0.5, 0.6) is 5.75 Å². The van der Waals surface area contributed by atoms with Crippen molar-refractivity contribution in [2.24, 2.45) is 0 Å². The molecule has 1 fully saturated rings. The molecule has 0 bridgehead atoms. The summed E-state index contributed by atoms with van der Waals surface area (Å²) in [5.74, 6) is 0.343. The van der Waals surface area contributed by atoms with Crippen molar-refractivity contribution in [2.75, 3.05) is 6.61 Å². The molecule has 0 unspecified atom stereocenters. The standard InChI is InChI=1S/C19H24O9/c1-8(27-19-18(25)17(24)16(23)14(7-20)28-19)3-10-5-11(21)6-13-15(10)12(22)4-9(2)26-13/h4-6,8,14,16-21,23-25H,3,7H2,1-2H3/t8-,14+,16-,17+,18+,19+/m1/s1. The number of hydrogen-bond donors (Lipinski definition) is 5. The van der Waals surface area contributed by atoms with Gasteiger partial charge in [-0.3, -0.25) is 4.79 Å². The first-order chi connectivity index (χ1) is 13.2. The van der Waals surface area contributed by atoms with Gasteiger partial charge in [0.25, 0.3) is 0 Å². The molecule has 0 radical (unpaired) electrons. The van der Waals surface area contributed by atoms with Crippen molar-refractivity contribution in [2.45, 2.75) is 57.1 Å². The summed E-state index contributed by atoms with van der Waals surface area (Å²) < 4.78 is 16.5. The monoisotopic (exact) mass is 396 g/mol. The van der Waals surface area contributed by atoms with E-state index in [0.29, 0.717) is 16.7 Å². The van der Waals surface area contributed by atoms with Gasteiger partial charge in [0.2, 0.25) is 0 Å². The van der Waals surface area contributed by atoms with Crippen LogP contribution in [0.3, 0.4) is 0 Å². The van der Waals surface area contributed by atoms with E-state index >= 15 is 0 Å². The molecule has 1 aromatic carbocycles. The molecular weight excluding hydrogens is 372 g/mol. The van der Waals surface area contributed by atoms with Crippen molar-refractivity contribution < 1.29 is 39.4 Å². The van der Waals surface area contributed by atoms with Crippen molar-refractivity contribution in [1.82, 2.24) is 0 Å². The van der Waals surface area contributed by atoms with Crippen LogP contribution in [0.15, 0.2) is 27.4 Å². The van der Waals surface area contributed by atoms with Gasteiger partial charge in [-0.2, -0.15) is 0 Å². The third kappa shape index (κ3) is 4.04. The molecule has 0 spiro atoms. The largest absolute Gasteiger partial charge is 0.508 e. The Hall–Kier alpha value is -2.01. The van der Waals surface area contributed by atoms with E-state index in [1.165, 1.54) is 18.2 Å². The van der Waals surface area contributed by atoms with Crippen LogP contribution in [0, 0.1) is 6.92 Å². The van der Waals surface area contributed by atoms with E-state index in [-0.39, 0.29) is 23.2 Å². The number of ether oxygens (including phenoxy) is 2. The number of fused-ring (bicyclic) bond motifs is 1. The third-order valence-corrected chi connectivity index (χ3v) is 4.74. The number of hydrogen-bond acceptors (Lipinski definition) is 9. The molecule has 9 heteroatoms. The minimum atomic E-state index is -1.54. The van der Waals surface area contributed by atoms with Crippen molar-refractivity contribution in [3.8, 4) is 5.75 Å². The molecule has 154 valence electrons. The zero-order chi connectivity index (χ0) is 20.6. The highest BCUT2D eigenvalue weighted by Crippen LogP contribution is 2.27. The second kappa shape index (κ2) is 8.16. The second-order valence-electron chi connectivity index (χ2n) is 7.05. The second-order valence-corrected chi connectivity index (χ2v) is 7.05.